The van der Waals surface area contributed by atoms with Gasteiger partial charge >= 0.3 is 6.18 Å². The second kappa shape index (κ2) is 4.76. The number of rotatable bonds is 2. The fourth-order valence-electron chi connectivity index (χ4n) is 2.04. The first kappa shape index (κ1) is 13.4. The SMILES string of the molecule is Cc1nc2c(Nc3cccc(C(F)(F)F)c3)cccn2n1. The molecule has 2 aromatic heterocycles. The van der Waals surface area contributed by atoms with Crippen molar-refractivity contribution >= 4 is 17.0 Å². The van der Waals surface area contributed by atoms with Gasteiger partial charge in [-0.25, -0.2) is 9.50 Å². The molecule has 0 amide bonds. The van der Waals surface area contributed by atoms with Crippen LogP contribution in [0.1, 0.15) is 11.4 Å². The molecule has 0 spiro atoms. The standard InChI is InChI=1S/C14H11F3N4/c1-9-18-13-12(6-3-7-21(13)20-9)19-11-5-2-4-10(8-11)14(15,16)17/h2-8,19H,1H3. The van der Waals surface area contributed by atoms with Gasteiger partial charge < -0.3 is 5.32 Å². The van der Waals surface area contributed by atoms with Crippen LogP contribution in [0.5, 0.6) is 0 Å². The third-order valence-corrected chi connectivity index (χ3v) is 2.94. The molecule has 4 nitrogen and oxygen atoms in total. The molecule has 0 saturated heterocycles. The maximum atomic E-state index is 12.7. The summed E-state index contributed by atoms with van der Waals surface area (Å²) < 4.78 is 39.7. The lowest BCUT2D eigenvalue weighted by Crippen LogP contribution is -2.05. The Hall–Kier alpha value is -2.57. The van der Waals surface area contributed by atoms with Crippen LogP contribution in [0.2, 0.25) is 0 Å². The summed E-state index contributed by atoms with van der Waals surface area (Å²) in [5, 5.41) is 7.11. The van der Waals surface area contributed by atoms with Crippen LogP contribution in [0.25, 0.3) is 5.65 Å². The highest BCUT2D eigenvalue weighted by Gasteiger charge is 2.30. The maximum Gasteiger partial charge on any atom is 0.416 e. The van der Waals surface area contributed by atoms with Crippen molar-refractivity contribution in [3.63, 3.8) is 0 Å². The number of halogens is 3. The zero-order chi connectivity index (χ0) is 15.0. The Morgan fingerprint density at radius 1 is 1.14 bits per heavy atom. The van der Waals surface area contributed by atoms with Crippen LogP contribution in [0.3, 0.4) is 0 Å². The second-order valence-corrected chi connectivity index (χ2v) is 4.55. The zero-order valence-corrected chi connectivity index (χ0v) is 11.0. The van der Waals surface area contributed by atoms with E-state index in [1.165, 1.54) is 6.07 Å². The maximum absolute atomic E-state index is 12.7. The van der Waals surface area contributed by atoms with Gasteiger partial charge in [-0.05, 0) is 37.3 Å². The van der Waals surface area contributed by atoms with Crippen molar-refractivity contribution in [1.82, 2.24) is 14.6 Å². The Balaban J connectivity index is 1.99. The van der Waals surface area contributed by atoms with Gasteiger partial charge in [0.1, 0.15) is 5.82 Å². The molecule has 0 fully saturated rings. The number of hydrogen-bond acceptors (Lipinski definition) is 3. The average Bonchev–Trinajstić information content (AvgIpc) is 2.80. The minimum Gasteiger partial charge on any atom is -0.352 e. The van der Waals surface area contributed by atoms with Crippen molar-refractivity contribution in [2.24, 2.45) is 0 Å². The van der Waals surface area contributed by atoms with Gasteiger partial charge in [0.2, 0.25) is 0 Å². The normalized spacial score (nSPS) is 11.8. The lowest BCUT2D eigenvalue weighted by atomic mass is 10.2. The van der Waals surface area contributed by atoms with Crippen molar-refractivity contribution < 1.29 is 13.2 Å². The molecular weight excluding hydrogens is 281 g/mol. The number of aromatic nitrogens is 3. The lowest BCUT2D eigenvalue weighted by Gasteiger charge is -2.10. The third-order valence-electron chi connectivity index (χ3n) is 2.94. The van der Waals surface area contributed by atoms with Crippen molar-refractivity contribution in [3.8, 4) is 0 Å². The van der Waals surface area contributed by atoms with Crippen LogP contribution < -0.4 is 5.32 Å². The van der Waals surface area contributed by atoms with Gasteiger partial charge in [-0.3, -0.25) is 0 Å². The highest BCUT2D eigenvalue weighted by Crippen LogP contribution is 2.31. The number of nitrogens with one attached hydrogen (secondary N) is 1. The molecule has 0 saturated carbocycles. The number of alkyl halides is 3. The van der Waals surface area contributed by atoms with E-state index in [4.69, 9.17) is 0 Å². The number of nitrogens with zero attached hydrogens (tertiary/aromatic N) is 3. The molecule has 2 heterocycles. The topological polar surface area (TPSA) is 42.2 Å². The van der Waals surface area contributed by atoms with E-state index < -0.39 is 11.7 Å². The summed E-state index contributed by atoms with van der Waals surface area (Å²) in [4.78, 5) is 4.25. The Morgan fingerprint density at radius 2 is 1.95 bits per heavy atom. The van der Waals surface area contributed by atoms with Crippen molar-refractivity contribution in [1.29, 1.82) is 0 Å². The van der Waals surface area contributed by atoms with E-state index in [-0.39, 0.29) is 0 Å². The van der Waals surface area contributed by atoms with Crippen molar-refractivity contribution in [3.05, 3.63) is 54.0 Å². The zero-order valence-electron chi connectivity index (χ0n) is 11.0. The molecule has 0 bridgehead atoms. The first-order valence-electron chi connectivity index (χ1n) is 6.20. The van der Waals surface area contributed by atoms with Crippen LogP contribution in [0, 0.1) is 6.92 Å². The van der Waals surface area contributed by atoms with Crippen LogP contribution in [0.15, 0.2) is 42.6 Å². The van der Waals surface area contributed by atoms with Gasteiger partial charge in [0.05, 0.1) is 11.3 Å². The minimum atomic E-state index is -4.37. The first-order valence-corrected chi connectivity index (χ1v) is 6.20. The average molecular weight is 292 g/mol. The molecule has 1 N–H and O–H groups in total. The quantitative estimate of drug-likeness (QED) is 0.781. The monoisotopic (exact) mass is 292 g/mol. The largest absolute Gasteiger partial charge is 0.416 e. The van der Waals surface area contributed by atoms with Gasteiger partial charge in [-0.15, -0.1) is 0 Å². The van der Waals surface area contributed by atoms with Crippen molar-refractivity contribution in [2.75, 3.05) is 5.32 Å². The molecule has 7 heteroatoms. The highest BCUT2D eigenvalue weighted by atomic mass is 19.4. The number of hydrogen-bond donors (Lipinski definition) is 1. The van der Waals surface area contributed by atoms with E-state index in [2.05, 4.69) is 15.4 Å². The van der Waals surface area contributed by atoms with Gasteiger partial charge in [0.15, 0.2) is 5.65 Å². The Bertz CT molecular complexity index is 792. The molecule has 108 valence electrons. The van der Waals surface area contributed by atoms with Crippen LogP contribution in [-0.2, 0) is 6.18 Å². The summed E-state index contributed by atoms with van der Waals surface area (Å²) >= 11 is 0. The fraction of sp³-hybridized carbons (Fsp3) is 0.143. The highest BCUT2D eigenvalue weighted by molar-refractivity contribution is 5.73. The summed E-state index contributed by atoms with van der Waals surface area (Å²) in [7, 11) is 0. The number of pyridine rings is 1. The van der Waals surface area contributed by atoms with Gasteiger partial charge in [0.25, 0.3) is 0 Å². The predicted molar refractivity (Wildman–Crippen MR) is 72.5 cm³/mol. The summed E-state index contributed by atoms with van der Waals surface area (Å²) in [6, 6.07) is 8.52. The summed E-state index contributed by atoms with van der Waals surface area (Å²) in [6.45, 7) is 1.75. The molecule has 1 aromatic carbocycles. The van der Waals surface area contributed by atoms with E-state index in [1.54, 1.807) is 35.8 Å². The van der Waals surface area contributed by atoms with Gasteiger partial charge in [-0.1, -0.05) is 6.07 Å². The molecule has 0 aliphatic carbocycles. The smallest absolute Gasteiger partial charge is 0.352 e. The number of anilines is 2. The molecule has 3 aromatic rings. The Morgan fingerprint density at radius 3 is 2.71 bits per heavy atom. The van der Waals surface area contributed by atoms with Crippen LogP contribution in [0.4, 0.5) is 24.5 Å². The predicted octanol–water partition coefficient (Wildman–Crippen LogP) is 3.80. The Kier molecular flexibility index (Phi) is 3.04. The van der Waals surface area contributed by atoms with Crippen LogP contribution in [-0.4, -0.2) is 14.6 Å². The molecule has 0 unspecified atom stereocenters. The van der Waals surface area contributed by atoms with Crippen LogP contribution >= 0.6 is 0 Å². The number of aryl methyl sites for hydroxylation is 1. The molecule has 3 rings (SSSR count). The number of fused-ring (bicyclic) bond motifs is 1. The number of benzene rings is 1. The van der Waals surface area contributed by atoms with E-state index in [9.17, 15) is 13.2 Å². The minimum absolute atomic E-state index is 0.346. The molecular formula is C14H11F3N4. The summed E-state index contributed by atoms with van der Waals surface area (Å²) in [5.41, 5.74) is 0.806. The fourth-order valence-corrected chi connectivity index (χ4v) is 2.04. The van der Waals surface area contributed by atoms with Gasteiger partial charge in [-0.2, -0.15) is 18.3 Å². The lowest BCUT2D eigenvalue weighted by molar-refractivity contribution is -0.137. The summed E-state index contributed by atoms with van der Waals surface area (Å²) in [6.07, 6.45) is -2.64. The van der Waals surface area contributed by atoms with Gasteiger partial charge in [0, 0.05) is 11.9 Å². The second-order valence-electron chi connectivity index (χ2n) is 4.55. The van der Waals surface area contributed by atoms with E-state index in [0.29, 0.717) is 22.8 Å². The molecule has 0 aliphatic heterocycles. The van der Waals surface area contributed by atoms with E-state index in [1.807, 2.05) is 0 Å². The Labute approximate surface area is 118 Å². The molecule has 0 aliphatic rings. The molecule has 0 radical (unpaired) electrons. The first-order chi connectivity index (χ1) is 9.93. The third kappa shape index (κ3) is 2.67. The van der Waals surface area contributed by atoms with E-state index >= 15 is 0 Å². The summed E-state index contributed by atoms with van der Waals surface area (Å²) in [5.74, 6) is 0.591. The molecule has 21 heavy (non-hydrogen) atoms. The molecule has 0 atom stereocenters. The van der Waals surface area contributed by atoms with E-state index in [0.717, 1.165) is 12.1 Å². The van der Waals surface area contributed by atoms with Crippen molar-refractivity contribution in [2.45, 2.75) is 13.1 Å².